The Labute approximate surface area is 172 Å². The van der Waals surface area contributed by atoms with E-state index in [9.17, 15) is 24.8 Å². The van der Waals surface area contributed by atoms with Gasteiger partial charge in [-0.2, -0.15) is 0 Å². The third-order valence-electron chi connectivity index (χ3n) is 4.00. The van der Waals surface area contributed by atoms with Gasteiger partial charge < -0.3 is 20.1 Å². The van der Waals surface area contributed by atoms with Crippen LogP contribution in [0.1, 0.15) is 39.2 Å². The highest BCUT2D eigenvalue weighted by atomic mass is 16.6. The first-order chi connectivity index (χ1) is 14.3. The number of hydrogen-bond acceptors (Lipinski definition) is 7. The van der Waals surface area contributed by atoms with Gasteiger partial charge in [0.1, 0.15) is 5.70 Å². The summed E-state index contributed by atoms with van der Waals surface area (Å²) in [6.45, 7) is 6.45. The Morgan fingerprint density at radius 2 is 2.03 bits per heavy atom. The first kappa shape index (κ1) is 24.2. The van der Waals surface area contributed by atoms with Crippen LogP contribution in [0.4, 0.5) is 10.5 Å². The lowest BCUT2D eigenvalue weighted by Crippen LogP contribution is -2.31. The lowest BCUT2D eigenvalue weighted by molar-refractivity contribution is -0.385. The second-order valence-corrected chi connectivity index (χ2v) is 6.01. The molecular weight excluding hydrogens is 396 g/mol. The van der Waals surface area contributed by atoms with Crippen molar-refractivity contribution in [3.8, 4) is 11.5 Å². The van der Waals surface area contributed by atoms with E-state index in [2.05, 4.69) is 15.3 Å². The number of nitrogens with zero attached hydrogens (tertiary/aromatic N) is 5. The molecule has 0 aromatic heterocycles. The van der Waals surface area contributed by atoms with Crippen molar-refractivity contribution in [2.24, 2.45) is 5.11 Å². The number of ether oxygens (including phenoxy) is 1. The summed E-state index contributed by atoms with van der Waals surface area (Å²) in [5, 5.41) is 27.2. The highest BCUT2D eigenvalue weighted by Crippen LogP contribution is 2.38. The number of unbranched alkanes of at least 4 members (excludes halogenated alkanes) is 1. The van der Waals surface area contributed by atoms with Gasteiger partial charge in [-0.05, 0) is 43.5 Å². The fourth-order valence-corrected chi connectivity index (χ4v) is 2.43. The van der Waals surface area contributed by atoms with Crippen molar-refractivity contribution >= 4 is 23.8 Å². The van der Waals surface area contributed by atoms with E-state index in [4.69, 9.17) is 10.3 Å². The van der Waals surface area contributed by atoms with Crippen LogP contribution in [-0.4, -0.2) is 46.6 Å². The van der Waals surface area contributed by atoms with Gasteiger partial charge in [-0.3, -0.25) is 14.9 Å². The van der Waals surface area contributed by atoms with E-state index in [1.165, 1.54) is 4.90 Å². The first-order valence-electron chi connectivity index (χ1n) is 9.32. The van der Waals surface area contributed by atoms with E-state index in [0.717, 1.165) is 24.6 Å². The summed E-state index contributed by atoms with van der Waals surface area (Å²) < 4.78 is 4.98. The highest BCUT2D eigenvalue weighted by molar-refractivity contribution is 5.97. The zero-order chi connectivity index (χ0) is 22.7. The Bertz CT molecular complexity index is 874. The Hall–Kier alpha value is -3.79. The second kappa shape index (κ2) is 11.9. The number of aromatic hydroxyl groups is 1. The molecule has 0 atom stereocenters. The Morgan fingerprint density at radius 3 is 2.57 bits per heavy atom. The minimum atomic E-state index is -0.899. The molecule has 0 aliphatic carbocycles. The summed E-state index contributed by atoms with van der Waals surface area (Å²) in [7, 11) is 0. The standard InChI is InChI=1S/C18H24N6O6/c1-4-7-8-20-18(27)30-15-11-12(10-14(16(15)25)24(28)29)9-13(21-22-19)17(26)23(5-2)6-3/h9-11,25H,4-8H2,1-3H3,(H,20,27)/b13-9-. The average molecular weight is 420 g/mol. The van der Waals surface area contributed by atoms with Crippen LogP contribution >= 0.6 is 0 Å². The molecule has 30 heavy (non-hydrogen) atoms. The number of amides is 2. The molecule has 0 saturated heterocycles. The van der Waals surface area contributed by atoms with Crippen molar-refractivity contribution in [2.75, 3.05) is 19.6 Å². The van der Waals surface area contributed by atoms with E-state index in [1.54, 1.807) is 13.8 Å². The Morgan fingerprint density at radius 1 is 1.37 bits per heavy atom. The molecule has 162 valence electrons. The Balaban J connectivity index is 3.39. The molecule has 1 aromatic rings. The molecule has 0 heterocycles. The van der Waals surface area contributed by atoms with Crippen LogP contribution < -0.4 is 10.1 Å². The van der Waals surface area contributed by atoms with Crippen LogP contribution in [0.2, 0.25) is 0 Å². The molecule has 0 saturated carbocycles. The number of benzene rings is 1. The van der Waals surface area contributed by atoms with Gasteiger partial charge >= 0.3 is 11.8 Å². The summed E-state index contributed by atoms with van der Waals surface area (Å²) in [5.41, 5.74) is 7.76. The van der Waals surface area contributed by atoms with Crippen LogP contribution in [-0.2, 0) is 4.79 Å². The van der Waals surface area contributed by atoms with Gasteiger partial charge in [0, 0.05) is 30.6 Å². The van der Waals surface area contributed by atoms with E-state index in [-0.39, 0.29) is 11.3 Å². The predicted molar refractivity (Wildman–Crippen MR) is 109 cm³/mol. The predicted octanol–water partition coefficient (Wildman–Crippen LogP) is 3.71. The molecule has 2 N–H and O–H groups in total. The smallest absolute Gasteiger partial charge is 0.412 e. The molecular formula is C18H24N6O6. The molecule has 0 spiro atoms. The van der Waals surface area contributed by atoms with Crippen molar-refractivity contribution < 1.29 is 24.4 Å². The molecule has 0 bridgehead atoms. The van der Waals surface area contributed by atoms with E-state index < -0.39 is 34.1 Å². The van der Waals surface area contributed by atoms with E-state index in [1.807, 2.05) is 6.92 Å². The van der Waals surface area contributed by atoms with Crippen LogP contribution in [0.25, 0.3) is 16.5 Å². The number of hydrogen-bond donors (Lipinski definition) is 2. The number of nitro benzene ring substituents is 1. The van der Waals surface area contributed by atoms with E-state index in [0.29, 0.717) is 26.1 Å². The fourth-order valence-electron chi connectivity index (χ4n) is 2.43. The summed E-state index contributed by atoms with van der Waals surface area (Å²) in [4.78, 5) is 38.8. The fraction of sp³-hybridized carbons (Fsp3) is 0.444. The van der Waals surface area contributed by atoms with Crippen molar-refractivity contribution in [1.82, 2.24) is 10.2 Å². The minimum Gasteiger partial charge on any atom is -0.499 e. The van der Waals surface area contributed by atoms with Gasteiger partial charge in [0.15, 0.2) is 5.75 Å². The lowest BCUT2D eigenvalue weighted by Gasteiger charge is -2.18. The quantitative estimate of drug-likeness (QED) is 0.111. The van der Waals surface area contributed by atoms with Gasteiger partial charge in [0.25, 0.3) is 5.91 Å². The van der Waals surface area contributed by atoms with Gasteiger partial charge in [0.2, 0.25) is 5.75 Å². The molecule has 0 aliphatic rings. The van der Waals surface area contributed by atoms with Crippen molar-refractivity contribution in [3.63, 3.8) is 0 Å². The number of phenolic OH excluding ortho intramolecular Hbond substituents is 1. The number of nitro groups is 1. The number of nitrogens with one attached hydrogen (secondary N) is 1. The second-order valence-electron chi connectivity index (χ2n) is 6.01. The zero-order valence-electron chi connectivity index (χ0n) is 17.0. The molecule has 1 rings (SSSR count). The van der Waals surface area contributed by atoms with Gasteiger partial charge in [0.05, 0.1) is 4.92 Å². The SMILES string of the molecule is CCCCNC(=O)Oc1cc(/C=C(\N=[N+]=[N-])C(=O)N(CC)CC)cc([N+](=O)[O-])c1O. The normalized spacial score (nSPS) is 10.7. The molecule has 1 aromatic carbocycles. The molecule has 12 nitrogen and oxygen atoms in total. The maximum Gasteiger partial charge on any atom is 0.412 e. The number of azide groups is 1. The molecule has 0 aliphatic heterocycles. The summed E-state index contributed by atoms with van der Waals surface area (Å²) in [6.07, 6.45) is 1.76. The van der Waals surface area contributed by atoms with Crippen molar-refractivity contribution in [1.29, 1.82) is 0 Å². The average Bonchev–Trinajstić information content (AvgIpc) is 2.70. The van der Waals surface area contributed by atoms with Crippen LogP contribution in [0, 0.1) is 10.1 Å². The molecule has 12 heteroatoms. The molecule has 2 amide bonds. The zero-order valence-corrected chi connectivity index (χ0v) is 17.0. The molecule has 0 radical (unpaired) electrons. The van der Waals surface area contributed by atoms with Crippen molar-refractivity contribution in [2.45, 2.75) is 33.6 Å². The number of carbonyl (C=O) groups is 2. The highest BCUT2D eigenvalue weighted by Gasteiger charge is 2.23. The largest absolute Gasteiger partial charge is 0.499 e. The molecule has 0 fully saturated rings. The first-order valence-corrected chi connectivity index (χ1v) is 9.32. The minimum absolute atomic E-state index is 0.0266. The number of likely N-dealkylation sites (N-methyl/N-ethyl adjacent to an activating group) is 1. The Kier molecular flexibility index (Phi) is 9.63. The monoisotopic (exact) mass is 420 g/mol. The molecule has 0 unspecified atom stereocenters. The number of rotatable bonds is 10. The summed E-state index contributed by atoms with van der Waals surface area (Å²) in [6, 6.07) is 2.10. The van der Waals surface area contributed by atoms with Gasteiger partial charge in [-0.1, -0.05) is 18.5 Å². The lowest BCUT2D eigenvalue weighted by atomic mass is 10.1. The topological polar surface area (TPSA) is 171 Å². The number of carbonyl (C=O) groups excluding carboxylic acids is 2. The van der Waals surface area contributed by atoms with E-state index >= 15 is 0 Å². The van der Waals surface area contributed by atoms with Gasteiger partial charge in [-0.15, -0.1) is 0 Å². The van der Waals surface area contributed by atoms with Gasteiger partial charge in [-0.25, -0.2) is 4.79 Å². The van der Waals surface area contributed by atoms with Crippen LogP contribution in [0.15, 0.2) is 22.9 Å². The maximum absolute atomic E-state index is 12.5. The van der Waals surface area contributed by atoms with Crippen LogP contribution in [0.5, 0.6) is 11.5 Å². The number of phenols is 1. The summed E-state index contributed by atoms with van der Waals surface area (Å²) in [5.74, 6) is -1.89. The van der Waals surface area contributed by atoms with Crippen molar-refractivity contribution in [3.05, 3.63) is 44.0 Å². The maximum atomic E-state index is 12.5. The third kappa shape index (κ3) is 6.67. The van der Waals surface area contributed by atoms with Crippen LogP contribution in [0.3, 0.4) is 0 Å². The summed E-state index contributed by atoms with van der Waals surface area (Å²) >= 11 is 0. The third-order valence-corrected chi connectivity index (χ3v) is 4.00.